The van der Waals surface area contributed by atoms with Gasteiger partial charge in [-0.05, 0) is 36.2 Å². The highest BCUT2D eigenvalue weighted by Crippen LogP contribution is 2.36. The molecule has 32 heavy (non-hydrogen) atoms. The molecule has 1 amide bonds. The van der Waals surface area contributed by atoms with Crippen LogP contribution in [0.15, 0.2) is 84.0 Å². The van der Waals surface area contributed by atoms with Crippen LogP contribution in [-0.4, -0.2) is 33.0 Å². The number of hydrazone groups is 1. The van der Waals surface area contributed by atoms with Gasteiger partial charge in [0.15, 0.2) is 0 Å². The Bertz CT molecular complexity index is 1170. The van der Waals surface area contributed by atoms with E-state index in [-0.39, 0.29) is 18.1 Å². The standard InChI is InChI=1S/C24H21ClN4O3/c1-17(19-11-13-20(14-12-19)29(31)32)26-28-23(30)16-27(15-18-7-3-2-4-8-18)24(28)21-9-5-6-10-22(21)25/h2-14,24H,15-16H2,1H3/b26-17-/t24-/m0/s1. The van der Waals surface area contributed by atoms with Gasteiger partial charge in [0, 0.05) is 29.3 Å². The van der Waals surface area contributed by atoms with E-state index in [1.165, 1.54) is 17.1 Å². The maximum Gasteiger partial charge on any atom is 0.269 e. The molecule has 0 aromatic heterocycles. The largest absolute Gasteiger partial charge is 0.271 e. The summed E-state index contributed by atoms with van der Waals surface area (Å²) in [5, 5.41) is 17.6. The average Bonchev–Trinajstić information content (AvgIpc) is 3.09. The summed E-state index contributed by atoms with van der Waals surface area (Å²) in [6, 6.07) is 23.4. The summed E-state index contributed by atoms with van der Waals surface area (Å²) in [4.78, 5) is 25.5. The molecule has 1 saturated heterocycles. The van der Waals surface area contributed by atoms with Crippen molar-refractivity contribution in [3.05, 3.63) is 111 Å². The molecule has 4 rings (SSSR count). The van der Waals surface area contributed by atoms with Gasteiger partial charge in [0.05, 0.1) is 17.2 Å². The van der Waals surface area contributed by atoms with Crippen LogP contribution in [0, 0.1) is 10.1 Å². The molecule has 8 heteroatoms. The zero-order valence-corrected chi connectivity index (χ0v) is 18.1. The van der Waals surface area contributed by atoms with Crippen molar-refractivity contribution in [2.45, 2.75) is 19.6 Å². The number of hydrogen-bond donors (Lipinski definition) is 0. The number of carbonyl (C=O) groups is 1. The van der Waals surface area contributed by atoms with E-state index in [9.17, 15) is 14.9 Å². The van der Waals surface area contributed by atoms with Crippen LogP contribution < -0.4 is 0 Å². The second kappa shape index (κ2) is 9.30. The first-order valence-electron chi connectivity index (χ1n) is 10.1. The van der Waals surface area contributed by atoms with Crippen molar-refractivity contribution in [1.82, 2.24) is 9.91 Å². The Labute approximate surface area is 190 Å². The molecule has 0 unspecified atom stereocenters. The van der Waals surface area contributed by atoms with Gasteiger partial charge in [0.2, 0.25) is 0 Å². The zero-order valence-electron chi connectivity index (χ0n) is 17.4. The van der Waals surface area contributed by atoms with E-state index in [0.717, 1.165) is 11.1 Å². The number of nitro groups is 1. The maximum absolute atomic E-state index is 13.0. The molecule has 1 aliphatic rings. The Morgan fingerprint density at radius 1 is 1.06 bits per heavy atom. The smallest absolute Gasteiger partial charge is 0.269 e. The first-order valence-corrected chi connectivity index (χ1v) is 10.5. The van der Waals surface area contributed by atoms with Crippen molar-refractivity contribution >= 4 is 28.9 Å². The molecule has 0 aliphatic carbocycles. The number of non-ortho nitro benzene ring substituents is 1. The quantitative estimate of drug-likeness (QED) is 0.301. The van der Waals surface area contributed by atoms with Crippen LogP contribution in [-0.2, 0) is 11.3 Å². The summed E-state index contributed by atoms with van der Waals surface area (Å²) in [6.07, 6.45) is -0.468. The lowest BCUT2D eigenvalue weighted by atomic mass is 10.1. The third-order valence-electron chi connectivity index (χ3n) is 5.34. The van der Waals surface area contributed by atoms with Gasteiger partial charge < -0.3 is 0 Å². The van der Waals surface area contributed by atoms with Gasteiger partial charge in [-0.2, -0.15) is 5.10 Å². The van der Waals surface area contributed by atoms with Crippen LogP contribution in [0.5, 0.6) is 0 Å². The SMILES string of the molecule is C/C(=N/N1C(=O)CN(Cc2ccccc2)[C@@H]1c1ccccc1Cl)c1ccc([N+](=O)[O-])cc1. The third-order valence-corrected chi connectivity index (χ3v) is 5.68. The topological polar surface area (TPSA) is 79.0 Å². The molecule has 0 N–H and O–H groups in total. The van der Waals surface area contributed by atoms with Crippen LogP contribution >= 0.6 is 11.6 Å². The summed E-state index contributed by atoms with van der Waals surface area (Å²) in [5.41, 5.74) is 3.14. The molecule has 0 bridgehead atoms. The van der Waals surface area contributed by atoms with Crippen molar-refractivity contribution in [1.29, 1.82) is 0 Å². The summed E-state index contributed by atoms with van der Waals surface area (Å²) < 4.78 is 0. The van der Waals surface area contributed by atoms with Crippen LogP contribution in [0.1, 0.15) is 29.8 Å². The fourth-order valence-corrected chi connectivity index (χ4v) is 3.98. The predicted molar refractivity (Wildman–Crippen MR) is 123 cm³/mol. The number of nitrogens with zero attached hydrogens (tertiary/aromatic N) is 4. The molecule has 0 saturated carbocycles. The van der Waals surface area contributed by atoms with E-state index < -0.39 is 11.1 Å². The normalized spacial score (nSPS) is 17.1. The molecule has 1 heterocycles. The maximum atomic E-state index is 13.0. The first kappa shape index (κ1) is 21.7. The molecule has 7 nitrogen and oxygen atoms in total. The molecule has 1 atom stereocenters. The lowest BCUT2D eigenvalue weighted by molar-refractivity contribution is -0.384. The monoisotopic (exact) mass is 448 g/mol. The Hall–Kier alpha value is -3.55. The summed E-state index contributed by atoms with van der Waals surface area (Å²) >= 11 is 6.51. The number of halogens is 1. The molecule has 162 valence electrons. The first-order chi connectivity index (χ1) is 15.4. The predicted octanol–water partition coefficient (Wildman–Crippen LogP) is 5.02. The van der Waals surface area contributed by atoms with Crippen molar-refractivity contribution in [2.75, 3.05) is 6.54 Å². The third kappa shape index (κ3) is 4.54. The fourth-order valence-electron chi connectivity index (χ4n) is 3.75. The number of carbonyl (C=O) groups excluding carboxylic acids is 1. The number of hydrogen-bond acceptors (Lipinski definition) is 5. The van der Waals surface area contributed by atoms with Crippen LogP contribution in [0.25, 0.3) is 0 Å². The van der Waals surface area contributed by atoms with Crippen molar-refractivity contribution < 1.29 is 9.72 Å². The average molecular weight is 449 g/mol. The van der Waals surface area contributed by atoms with Gasteiger partial charge in [0.25, 0.3) is 11.6 Å². The second-order valence-electron chi connectivity index (χ2n) is 7.51. The number of rotatable bonds is 6. The number of benzene rings is 3. The highest BCUT2D eigenvalue weighted by atomic mass is 35.5. The minimum atomic E-state index is -0.468. The Morgan fingerprint density at radius 2 is 1.72 bits per heavy atom. The molecule has 3 aromatic carbocycles. The summed E-state index contributed by atoms with van der Waals surface area (Å²) in [7, 11) is 0. The Kier molecular flexibility index (Phi) is 6.30. The van der Waals surface area contributed by atoms with Gasteiger partial charge in [-0.25, -0.2) is 5.01 Å². The number of amides is 1. The van der Waals surface area contributed by atoms with E-state index >= 15 is 0 Å². The van der Waals surface area contributed by atoms with Gasteiger partial charge in [-0.1, -0.05) is 60.1 Å². The second-order valence-corrected chi connectivity index (χ2v) is 7.92. The Morgan fingerprint density at radius 3 is 2.38 bits per heavy atom. The lowest BCUT2D eigenvalue weighted by Crippen LogP contribution is -2.29. The van der Waals surface area contributed by atoms with Crippen molar-refractivity contribution in [3.63, 3.8) is 0 Å². The molecule has 0 radical (unpaired) electrons. The summed E-state index contributed by atoms with van der Waals surface area (Å²) in [6.45, 7) is 2.53. The van der Waals surface area contributed by atoms with Gasteiger partial charge in [-0.15, -0.1) is 0 Å². The minimum absolute atomic E-state index is 0.00165. The highest BCUT2D eigenvalue weighted by molar-refractivity contribution is 6.31. The molecule has 1 aliphatic heterocycles. The van der Waals surface area contributed by atoms with E-state index in [1.807, 2.05) is 53.4 Å². The Balaban J connectivity index is 1.70. The number of nitro benzene ring substituents is 1. The molecular weight excluding hydrogens is 428 g/mol. The molecular formula is C24H21ClN4O3. The molecule has 1 fully saturated rings. The van der Waals surface area contributed by atoms with Crippen LogP contribution in [0.2, 0.25) is 5.02 Å². The van der Waals surface area contributed by atoms with E-state index in [2.05, 4.69) is 5.10 Å². The van der Waals surface area contributed by atoms with E-state index in [4.69, 9.17) is 11.6 Å². The van der Waals surface area contributed by atoms with Crippen LogP contribution in [0.3, 0.4) is 0 Å². The summed E-state index contributed by atoms with van der Waals surface area (Å²) in [5.74, 6) is -0.146. The van der Waals surface area contributed by atoms with Crippen molar-refractivity contribution in [2.24, 2.45) is 5.10 Å². The van der Waals surface area contributed by atoms with Gasteiger partial charge >= 0.3 is 0 Å². The van der Waals surface area contributed by atoms with E-state index in [0.29, 0.717) is 22.8 Å². The fraction of sp³-hybridized carbons (Fsp3) is 0.167. The van der Waals surface area contributed by atoms with Crippen LogP contribution in [0.4, 0.5) is 5.69 Å². The molecule has 0 spiro atoms. The molecule has 3 aromatic rings. The minimum Gasteiger partial charge on any atom is -0.271 e. The lowest BCUT2D eigenvalue weighted by Gasteiger charge is -2.28. The van der Waals surface area contributed by atoms with Gasteiger partial charge in [0.1, 0.15) is 6.17 Å². The highest BCUT2D eigenvalue weighted by Gasteiger charge is 2.40. The zero-order chi connectivity index (χ0) is 22.7. The van der Waals surface area contributed by atoms with E-state index in [1.54, 1.807) is 25.1 Å². The van der Waals surface area contributed by atoms with Gasteiger partial charge in [-0.3, -0.25) is 19.8 Å². The van der Waals surface area contributed by atoms with Crippen molar-refractivity contribution in [3.8, 4) is 0 Å².